The normalized spacial score (nSPS) is 15.3. The van der Waals surface area contributed by atoms with Crippen LogP contribution in [-0.4, -0.2) is 60.0 Å². The molecule has 1 aromatic carbocycles. The van der Waals surface area contributed by atoms with E-state index < -0.39 is 0 Å². The summed E-state index contributed by atoms with van der Waals surface area (Å²) in [5.41, 5.74) is 0.960. The molecule has 0 spiro atoms. The number of nitrogens with zero attached hydrogens (tertiary/aromatic N) is 5. The van der Waals surface area contributed by atoms with Gasteiger partial charge in [0.05, 0.1) is 6.54 Å². The van der Waals surface area contributed by atoms with Gasteiger partial charge in [0.1, 0.15) is 0 Å². The molecule has 0 atom stereocenters. The maximum atomic E-state index is 12.6. The van der Waals surface area contributed by atoms with Gasteiger partial charge in [-0.3, -0.25) is 9.69 Å². The zero-order valence-corrected chi connectivity index (χ0v) is 14.0. The Morgan fingerprint density at radius 2 is 1.71 bits per heavy atom. The van der Waals surface area contributed by atoms with Crippen LogP contribution < -0.4 is 9.80 Å². The molecule has 2 aromatic rings. The summed E-state index contributed by atoms with van der Waals surface area (Å²) in [6, 6.07) is 11.7. The van der Waals surface area contributed by atoms with Gasteiger partial charge in [0.2, 0.25) is 11.9 Å². The van der Waals surface area contributed by atoms with Crippen LogP contribution in [0.5, 0.6) is 0 Å². The summed E-state index contributed by atoms with van der Waals surface area (Å²) < 4.78 is 0. The fourth-order valence-corrected chi connectivity index (χ4v) is 2.95. The van der Waals surface area contributed by atoms with Crippen LogP contribution in [0.1, 0.15) is 6.92 Å². The first-order chi connectivity index (χ1) is 11.8. The largest absolute Gasteiger partial charge is 0.338 e. The van der Waals surface area contributed by atoms with Crippen LogP contribution in [0.4, 0.5) is 11.6 Å². The summed E-state index contributed by atoms with van der Waals surface area (Å²) in [5, 5.41) is 0. The maximum Gasteiger partial charge on any atom is 0.241 e. The summed E-state index contributed by atoms with van der Waals surface area (Å²) in [6.45, 7) is 6.51. The van der Waals surface area contributed by atoms with E-state index in [1.807, 2.05) is 48.2 Å². The molecule has 0 aliphatic carbocycles. The molecule has 6 nitrogen and oxygen atoms in total. The predicted molar refractivity (Wildman–Crippen MR) is 95.2 cm³/mol. The predicted octanol–water partition coefficient (Wildman–Crippen LogP) is 1.65. The van der Waals surface area contributed by atoms with Crippen molar-refractivity contribution in [3.63, 3.8) is 0 Å². The molecular weight excluding hydrogens is 302 g/mol. The Kier molecular flexibility index (Phi) is 5.38. The number of amides is 1. The van der Waals surface area contributed by atoms with E-state index in [1.54, 1.807) is 12.4 Å². The zero-order chi connectivity index (χ0) is 16.8. The zero-order valence-electron chi connectivity index (χ0n) is 14.0. The van der Waals surface area contributed by atoms with Crippen molar-refractivity contribution in [3.8, 4) is 0 Å². The summed E-state index contributed by atoms with van der Waals surface area (Å²) >= 11 is 0. The van der Waals surface area contributed by atoms with Crippen molar-refractivity contribution in [1.82, 2.24) is 14.9 Å². The molecule has 3 rings (SSSR count). The van der Waals surface area contributed by atoms with Gasteiger partial charge in [-0.25, -0.2) is 9.97 Å². The lowest BCUT2D eigenvalue weighted by molar-refractivity contribution is -0.119. The molecule has 0 unspecified atom stereocenters. The lowest BCUT2D eigenvalue weighted by atomic mass is 10.2. The van der Waals surface area contributed by atoms with Crippen LogP contribution in [0.15, 0.2) is 48.8 Å². The lowest BCUT2D eigenvalue weighted by Crippen LogP contribution is -2.50. The fourth-order valence-electron chi connectivity index (χ4n) is 2.95. The first-order valence-electron chi connectivity index (χ1n) is 8.37. The minimum atomic E-state index is 0.146. The second-order valence-electron chi connectivity index (χ2n) is 5.79. The number of carbonyl (C=O) groups excluding carboxylic acids is 1. The first kappa shape index (κ1) is 16.4. The number of aromatic nitrogens is 2. The Morgan fingerprint density at radius 1 is 1.04 bits per heavy atom. The van der Waals surface area contributed by atoms with E-state index in [2.05, 4.69) is 19.8 Å². The van der Waals surface area contributed by atoms with Crippen molar-refractivity contribution in [1.29, 1.82) is 0 Å². The number of para-hydroxylation sites is 1. The van der Waals surface area contributed by atoms with E-state index in [9.17, 15) is 4.79 Å². The van der Waals surface area contributed by atoms with Crippen LogP contribution in [-0.2, 0) is 4.79 Å². The van der Waals surface area contributed by atoms with Gasteiger partial charge in [0.15, 0.2) is 0 Å². The number of rotatable bonds is 5. The Morgan fingerprint density at radius 3 is 2.33 bits per heavy atom. The minimum absolute atomic E-state index is 0.146. The van der Waals surface area contributed by atoms with E-state index in [4.69, 9.17) is 0 Å². The third-order valence-corrected chi connectivity index (χ3v) is 4.25. The molecule has 2 heterocycles. The second-order valence-corrected chi connectivity index (χ2v) is 5.79. The second kappa shape index (κ2) is 7.88. The standard InChI is InChI=1S/C18H23N5O/c1-2-23(16-7-4-3-5-8-16)17(24)15-21-11-13-22(14-12-21)18-19-9-6-10-20-18/h3-10H,2,11-15H2,1H3. The smallest absolute Gasteiger partial charge is 0.241 e. The summed E-state index contributed by atoms with van der Waals surface area (Å²) in [6.07, 6.45) is 3.52. The SMILES string of the molecule is CCN(C(=O)CN1CCN(c2ncccn2)CC1)c1ccccc1. The van der Waals surface area contributed by atoms with E-state index in [0.717, 1.165) is 37.8 Å². The fraction of sp³-hybridized carbons (Fsp3) is 0.389. The van der Waals surface area contributed by atoms with Crippen molar-refractivity contribution in [3.05, 3.63) is 48.8 Å². The Hall–Kier alpha value is -2.47. The molecule has 1 amide bonds. The number of hydrogen-bond acceptors (Lipinski definition) is 5. The molecule has 1 aliphatic heterocycles. The van der Waals surface area contributed by atoms with Gasteiger partial charge >= 0.3 is 0 Å². The molecule has 0 radical (unpaired) electrons. The molecule has 0 N–H and O–H groups in total. The molecule has 1 fully saturated rings. The highest BCUT2D eigenvalue weighted by molar-refractivity contribution is 5.94. The van der Waals surface area contributed by atoms with Crippen LogP contribution in [0.3, 0.4) is 0 Å². The molecule has 0 saturated carbocycles. The number of anilines is 2. The highest BCUT2D eigenvalue weighted by Gasteiger charge is 2.22. The minimum Gasteiger partial charge on any atom is -0.338 e. The summed E-state index contributed by atoms with van der Waals surface area (Å²) in [5.74, 6) is 0.913. The van der Waals surface area contributed by atoms with Crippen molar-refractivity contribution < 1.29 is 4.79 Å². The number of likely N-dealkylation sites (N-methyl/N-ethyl adjacent to an activating group) is 1. The number of hydrogen-bond donors (Lipinski definition) is 0. The molecule has 126 valence electrons. The first-order valence-corrected chi connectivity index (χ1v) is 8.37. The maximum absolute atomic E-state index is 12.6. The Bertz CT molecular complexity index is 641. The topological polar surface area (TPSA) is 52.6 Å². The average Bonchev–Trinajstić information content (AvgIpc) is 2.64. The molecule has 24 heavy (non-hydrogen) atoms. The number of benzene rings is 1. The molecular formula is C18H23N5O. The average molecular weight is 325 g/mol. The number of piperazine rings is 1. The quantitative estimate of drug-likeness (QED) is 0.837. The van der Waals surface area contributed by atoms with Gasteiger partial charge in [-0.2, -0.15) is 0 Å². The Balaban J connectivity index is 1.55. The monoisotopic (exact) mass is 325 g/mol. The summed E-state index contributed by atoms with van der Waals surface area (Å²) in [7, 11) is 0. The van der Waals surface area contributed by atoms with E-state index in [1.165, 1.54) is 0 Å². The van der Waals surface area contributed by atoms with Crippen molar-refractivity contribution in [2.45, 2.75) is 6.92 Å². The highest BCUT2D eigenvalue weighted by atomic mass is 16.2. The van der Waals surface area contributed by atoms with Gasteiger partial charge < -0.3 is 9.80 Å². The van der Waals surface area contributed by atoms with Gasteiger partial charge in [-0.1, -0.05) is 18.2 Å². The Labute approximate surface area is 142 Å². The van der Waals surface area contributed by atoms with Crippen LogP contribution >= 0.6 is 0 Å². The van der Waals surface area contributed by atoms with Gasteiger partial charge in [-0.05, 0) is 25.1 Å². The van der Waals surface area contributed by atoms with Crippen molar-refractivity contribution in [2.75, 3.05) is 49.1 Å². The van der Waals surface area contributed by atoms with E-state index in [-0.39, 0.29) is 5.91 Å². The lowest BCUT2D eigenvalue weighted by Gasteiger charge is -2.35. The van der Waals surface area contributed by atoms with Gasteiger partial charge in [0.25, 0.3) is 0 Å². The van der Waals surface area contributed by atoms with Gasteiger partial charge in [0, 0.05) is 50.8 Å². The van der Waals surface area contributed by atoms with Gasteiger partial charge in [-0.15, -0.1) is 0 Å². The highest BCUT2D eigenvalue weighted by Crippen LogP contribution is 2.14. The third-order valence-electron chi connectivity index (χ3n) is 4.25. The van der Waals surface area contributed by atoms with Crippen LogP contribution in [0.25, 0.3) is 0 Å². The van der Waals surface area contributed by atoms with Crippen molar-refractivity contribution in [2.24, 2.45) is 0 Å². The van der Waals surface area contributed by atoms with Crippen LogP contribution in [0, 0.1) is 0 Å². The van der Waals surface area contributed by atoms with E-state index >= 15 is 0 Å². The molecule has 1 saturated heterocycles. The number of carbonyl (C=O) groups is 1. The third kappa shape index (κ3) is 3.89. The molecule has 1 aliphatic rings. The molecule has 0 bridgehead atoms. The van der Waals surface area contributed by atoms with Crippen molar-refractivity contribution >= 4 is 17.5 Å². The molecule has 1 aromatic heterocycles. The summed E-state index contributed by atoms with van der Waals surface area (Å²) in [4.78, 5) is 27.4. The molecule has 6 heteroatoms. The van der Waals surface area contributed by atoms with E-state index in [0.29, 0.717) is 13.1 Å². The van der Waals surface area contributed by atoms with Crippen LogP contribution in [0.2, 0.25) is 0 Å².